The van der Waals surface area contributed by atoms with Gasteiger partial charge in [0.05, 0.1) is 5.69 Å². The Morgan fingerprint density at radius 1 is 1.05 bits per heavy atom. The molecule has 0 atom stereocenters. The van der Waals surface area contributed by atoms with Crippen molar-refractivity contribution in [1.82, 2.24) is 0 Å². The number of hydrogen-bond acceptors (Lipinski definition) is 3. The summed E-state index contributed by atoms with van der Waals surface area (Å²) >= 11 is 3.40. The number of aryl methyl sites for hydroxylation is 1. The Morgan fingerprint density at radius 2 is 1.80 bits per heavy atom. The Morgan fingerprint density at radius 3 is 2.55 bits per heavy atom. The van der Waals surface area contributed by atoms with Gasteiger partial charge in [-0.05, 0) is 43.3 Å². The van der Waals surface area contributed by atoms with E-state index in [4.69, 9.17) is 4.42 Å². The first kappa shape index (κ1) is 12.9. The number of benzene rings is 2. The van der Waals surface area contributed by atoms with Crippen molar-refractivity contribution in [3.63, 3.8) is 0 Å². The Labute approximate surface area is 124 Å². The topological polar surface area (TPSA) is 42.2 Å². The van der Waals surface area contributed by atoms with E-state index in [1.807, 2.05) is 49.4 Å². The summed E-state index contributed by atoms with van der Waals surface area (Å²) in [6.07, 6.45) is 0. The first-order chi connectivity index (χ1) is 9.61. The van der Waals surface area contributed by atoms with Gasteiger partial charge < -0.3 is 9.73 Å². The van der Waals surface area contributed by atoms with Crippen LogP contribution < -0.4 is 10.9 Å². The maximum Gasteiger partial charge on any atom is 0.338 e. The maximum absolute atomic E-state index is 11.6. The van der Waals surface area contributed by atoms with Crippen molar-refractivity contribution in [3.05, 3.63) is 69.0 Å². The average Bonchev–Trinajstić information content (AvgIpc) is 2.42. The molecule has 100 valence electrons. The fourth-order valence-electron chi connectivity index (χ4n) is 2.07. The Kier molecular flexibility index (Phi) is 3.32. The number of rotatable bonds is 2. The molecule has 1 aromatic heterocycles. The predicted molar refractivity (Wildman–Crippen MR) is 84.6 cm³/mol. The number of fused-ring (bicyclic) bond motifs is 1. The van der Waals surface area contributed by atoms with Crippen LogP contribution in [0.3, 0.4) is 0 Å². The lowest BCUT2D eigenvalue weighted by molar-refractivity contribution is 0.561. The minimum Gasteiger partial charge on any atom is -0.423 e. The quantitative estimate of drug-likeness (QED) is 0.698. The molecule has 0 spiro atoms. The zero-order valence-corrected chi connectivity index (χ0v) is 12.4. The third-order valence-electron chi connectivity index (χ3n) is 3.02. The van der Waals surface area contributed by atoms with Crippen molar-refractivity contribution in [2.24, 2.45) is 0 Å². The van der Waals surface area contributed by atoms with Crippen molar-refractivity contribution in [1.29, 1.82) is 0 Å². The molecule has 1 N–H and O–H groups in total. The smallest absolute Gasteiger partial charge is 0.338 e. The van der Waals surface area contributed by atoms with Crippen LogP contribution in [0.25, 0.3) is 11.0 Å². The van der Waals surface area contributed by atoms with Gasteiger partial charge in [-0.1, -0.05) is 27.6 Å². The minimum absolute atomic E-state index is 0.360. The molecule has 3 rings (SSSR count). The summed E-state index contributed by atoms with van der Waals surface area (Å²) in [6.45, 7) is 2.01. The van der Waals surface area contributed by atoms with Crippen LogP contribution in [0.4, 0.5) is 11.4 Å². The number of halogens is 1. The van der Waals surface area contributed by atoms with Crippen LogP contribution in [0.1, 0.15) is 5.56 Å². The van der Waals surface area contributed by atoms with Crippen molar-refractivity contribution in [2.75, 3.05) is 5.32 Å². The highest BCUT2D eigenvalue weighted by molar-refractivity contribution is 9.10. The van der Waals surface area contributed by atoms with Crippen LogP contribution in [-0.4, -0.2) is 0 Å². The Hall–Kier alpha value is -2.07. The van der Waals surface area contributed by atoms with Crippen molar-refractivity contribution in [2.45, 2.75) is 6.92 Å². The van der Waals surface area contributed by atoms with E-state index in [0.717, 1.165) is 26.8 Å². The van der Waals surface area contributed by atoms with Crippen molar-refractivity contribution < 1.29 is 4.42 Å². The summed E-state index contributed by atoms with van der Waals surface area (Å²) in [7, 11) is 0. The molecular formula is C16H12BrNO2. The van der Waals surface area contributed by atoms with Crippen LogP contribution in [0.5, 0.6) is 0 Å². The molecule has 0 aliphatic carbocycles. The third-order valence-corrected chi connectivity index (χ3v) is 3.55. The lowest BCUT2D eigenvalue weighted by Crippen LogP contribution is -2.01. The molecule has 3 aromatic rings. The summed E-state index contributed by atoms with van der Waals surface area (Å²) in [4.78, 5) is 11.6. The van der Waals surface area contributed by atoms with Gasteiger partial charge in [0.1, 0.15) is 5.58 Å². The van der Waals surface area contributed by atoms with Gasteiger partial charge >= 0.3 is 5.63 Å². The molecule has 0 fully saturated rings. The molecule has 20 heavy (non-hydrogen) atoms. The van der Waals surface area contributed by atoms with E-state index in [1.54, 1.807) is 0 Å². The fourth-order valence-corrected chi connectivity index (χ4v) is 2.33. The number of anilines is 2. The molecule has 0 aliphatic rings. The zero-order chi connectivity index (χ0) is 14.1. The van der Waals surface area contributed by atoms with E-state index in [9.17, 15) is 4.79 Å². The monoisotopic (exact) mass is 329 g/mol. The summed E-state index contributed by atoms with van der Waals surface area (Å²) in [5.41, 5.74) is 3.01. The Balaban J connectivity index is 2.12. The van der Waals surface area contributed by atoms with Gasteiger partial charge in [0.25, 0.3) is 0 Å². The zero-order valence-electron chi connectivity index (χ0n) is 10.8. The summed E-state index contributed by atoms with van der Waals surface area (Å²) in [6, 6.07) is 15.0. The number of hydrogen-bond donors (Lipinski definition) is 1. The van der Waals surface area contributed by atoms with Gasteiger partial charge in [-0.15, -0.1) is 0 Å². The van der Waals surface area contributed by atoms with E-state index >= 15 is 0 Å². The number of nitrogens with one attached hydrogen (secondary N) is 1. The highest BCUT2D eigenvalue weighted by Crippen LogP contribution is 2.26. The SMILES string of the molecule is Cc1ccc2oc(=O)cc(Nc3ccc(Br)cc3)c2c1. The molecule has 4 heteroatoms. The largest absolute Gasteiger partial charge is 0.423 e. The van der Waals surface area contributed by atoms with E-state index < -0.39 is 0 Å². The molecule has 3 nitrogen and oxygen atoms in total. The molecule has 2 aromatic carbocycles. The molecule has 1 heterocycles. The summed E-state index contributed by atoms with van der Waals surface area (Å²) < 4.78 is 6.22. The lowest BCUT2D eigenvalue weighted by Gasteiger charge is -2.09. The Bertz CT molecular complexity index is 822. The molecule has 0 saturated heterocycles. The predicted octanol–water partition coefficient (Wildman–Crippen LogP) is 4.61. The second-order valence-electron chi connectivity index (χ2n) is 4.61. The first-order valence-corrected chi connectivity index (χ1v) is 6.98. The molecule has 0 aliphatic heterocycles. The van der Waals surface area contributed by atoms with Crippen LogP contribution in [-0.2, 0) is 0 Å². The van der Waals surface area contributed by atoms with E-state index in [0.29, 0.717) is 5.58 Å². The van der Waals surface area contributed by atoms with Crippen LogP contribution in [0.15, 0.2) is 62.2 Å². The van der Waals surface area contributed by atoms with Gasteiger partial charge in [-0.25, -0.2) is 4.79 Å². The standard InChI is InChI=1S/C16H12BrNO2/c1-10-2-7-15-13(8-10)14(9-16(19)20-15)18-12-5-3-11(17)4-6-12/h2-9,18H,1H3. The van der Waals surface area contributed by atoms with Crippen molar-refractivity contribution >= 4 is 38.3 Å². The first-order valence-electron chi connectivity index (χ1n) is 6.19. The average molecular weight is 330 g/mol. The molecule has 0 bridgehead atoms. The van der Waals surface area contributed by atoms with Crippen LogP contribution >= 0.6 is 15.9 Å². The molecular weight excluding hydrogens is 318 g/mol. The van der Waals surface area contributed by atoms with Gasteiger partial charge in [-0.2, -0.15) is 0 Å². The van der Waals surface area contributed by atoms with Gasteiger partial charge in [0, 0.05) is 21.6 Å². The normalized spacial score (nSPS) is 10.7. The fraction of sp³-hybridized carbons (Fsp3) is 0.0625. The van der Waals surface area contributed by atoms with Crippen molar-refractivity contribution in [3.8, 4) is 0 Å². The second kappa shape index (κ2) is 5.13. The highest BCUT2D eigenvalue weighted by atomic mass is 79.9. The van der Waals surface area contributed by atoms with E-state index in [1.165, 1.54) is 6.07 Å². The highest BCUT2D eigenvalue weighted by Gasteiger charge is 2.06. The van der Waals surface area contributed by atoms with E-state index in [-0.39, 0.29) is 5.63 Å². The summed E-state index contributed by atoms with van der Waals surface area (Å²) in [5.74, 6) is 0. The van der Waals surface area contributed by atoms with E-state index in [2.05, 4.69) is 21.2 Å². The van der Waals surface area contributed by atoms with Crippen LogP contribution in [0.2, 0.25) is 0 Å². The molecule has 0 amide bonds. The molecule has 0 radical (unpaired) electrons. The van der Waals surface area contributed by atoms with Gasteiger partial charge in [0.15, 0.2) is 0 Å². The molecule has 0 saturated carbocycles. The second-order valence-corrected chi connectivity index (χ2v) is 5.53. The minimum atomic E-state index is -0.360. The lowest BCUT2D eigenvalue weighted by atomic mass is 10.1. The third kappa shape index (κ3) is 2.60. The molecule has 0 unspecified atom stereocenters. The summed E-state index contributed by atoms with van der Waals surface area (Å²) in [5, 5.41) is 4.16. The van der Waals surface area contributed by atoms with Gasteiger partial charge in [-0.3, -0.25) is 0 Å². The van der Waals surface area contributed by atoms with Crippen LogP contribution in [0, 0.1) is 6.92 Å². The maximum atomic E-state index is 11.6. The van der Waals surface area contributed by atoms with Gasteiger partial charge in [0.2, 0.25) is 0 Å².